The average Bonchev–Trinajstić information content (AvgIpc) is 2.64. The first-order chi connectivity index (χ1) is 12.1. The molecule has 0 bridgehead atoms. The van der Waals surface area contributed by atoms with E-state index in [0.29, 0.717) is 5.17 Å². The van der Waals surface area contributed by atoms with E-state index in [1.165, 1.54) is 11.1 Å². The van der Waals surface area contributed by atoms with E-state index in [1.54, 1.807) is 11.8 Å². The standard InChI is InChI=1S/C22H22N2S/c1-16-10-9-11-17(2)20(16)24-22(23)25-21(18-12-5-3-6-13-18)19-14-7-4-8-15-19/h3-15,21H,1-2H3,(H2,23,24). The van der Waals surface area contributed by atoms with Gasteiger partial charge in [-0.2, -0.15) is 0 Å². The highest BCUT2D eigenvalue weighted by molar-refractivity contribution is 8.14. The van der Waals surface area contributed by atoms with Gasteiger partial charge in [0.1, 0.15) is 0 Å². The lowest BCUT2D eigenvalue weighted by molar-refractivity contribution is 1.16. The second-order valence-electron chi connectivity index (χ2n) is 6.01. The summed E-state index contributed by atoms with van der Waals surface area (Å²) in [6.45, 7) is 4.13. The Morgan fingerprint density at radius 1 is 0.760 bits per heavy atom. The second-order valence-corrected chi connectivity index (χ2v) is 7.14. The van der Waals surface area contributed by atoms with Crippen molar-refractivity contribution in [2.75, 3.05) is 0 Å². The van der Waals surface area contributed by atoms with Gasteiger partial charge in [0.05, 0.1) is 10.9 Å². The van der Waals surface area contributed by atoms with Crippen LogP contribution in [-0.2, 0) is 0 Å². The molecule has 0 saturated carbocycles. The number of rotatable bonds is 4. The number of nitrogens with two attached hydrogens (primary N) is 1. The number of nitrogens with zero attached hydrogens (tertiary/aromatic N) is 1. The number of hydrogen-bond donors (Lipinski definition) is 1. The topological polar surface area (TPSA) is 38.4 Å². The molecule has 2 N–H and O–H groups in total. The normalized spacial score (nSPS) is 11.7. The van der Waals surface area contributed by atoms with Crippen molar-refractivity contribution in [3.63, 3.8) is 0 Å². The smallest absolute Gasteiger partial charge is 0.160 e. The van der Waals surface area contributed by atoms with Crippen LogP contribution in [0.3, 0.4) is 0 Å². The largest absolute Gasteiger partial charge is 0.378 e. The van der Waals surface area contributed by atoms with E-state index in [2.05, 4.69) is 74.5 Å². The summed E-state index contributed by atoms with van der Waals surface area (Å²) in [5.74, 6) is 0. The van der Waals surface area contributed by atoms with Crippen LogP contribution in [0.25, 0.3) is 0 Å². The molecule has 0 aromatic heterocycles. The fourth-order valence-electron chi connectivity index (χ4n) is 2.82. The van der Waals surface area contributed by atoms with E-state index in [1.807, 2.05) is 18.2 Å². The summed E-state index contributed by atoms with van der Waals surface area (Å²) in [5.41, 5.74) is 12.0. The molecule has 0 aliphatic rings. The van der Waals surface area contributed by atoms with Gasteiger partial charge in [-0.25, -0.2) is 4.99 Å². The van der Waals surface area contributed by atoms with Crippen LogP contribution >= 0.6 is 11.8 Å². The summed E-state index contributed by atoms with van der Waals surface area (Å²) in [6.07, 6.45) is 0. The molecule has 0 spiro atoms. The maximum absolute atomic E-state index is 6.33. The Hall–Kier alpha value is -2.52. The maximum atomic E-state index is 6.33. The number of benzene rings is 3. The van der Waals surface area contributed by atoms with Crippen LogP contribution in [0.5, 0.6) is 0 Å². The molecular formula is C22H22N2S. The SMILES string of the molecule is Cc1cccc(C)c1N=C(N)SC(c1ccccc1)c1ccccc1. The number of thioether (sulfide) groups is 1. The van der Waals surface area contributed by atoms with Crippen LogP contribution in [0.2, 0.25) is 0 Å². The van der Waals surface area contributed by atoms with Gasteiger partial charge in [-0.15, -0.1) is 0 Å². The first-order valence-corrected chi connectivity index (χ1v) is 9.20. The zero-order valence-electron chi connectivity index (χ0n) is 14.5. The number of amidine groups is 1. The summed E-state index contributed by atoms with van der Waals surface area (Å²) < 4.78 is 0. The molecule has 0 radical (unpaired) electrons. The third-order valence-corrected chi connectivity index (χ3v) is 5.22. The van der Waals surface area contributed by atoms with Crippen LogP contribution in [0, 0.1) is 13.8 Å². The van der Waals surface area contributed by atoms with E-state index in [0.717, 1.165) is 16.8 Å². The van der Waals surface area contributed by atoms with Gasteiger partial charge in [-0.1, -0.05) is 90.6 Å². The Morgan fingerprint density at radius 3 is 1.72 bits per heavy atom. The van der Waals surface area contributed by atoms with Crippen molar-refractivity contribution in [1.82, 2.24) is 0 Å². The lowest BCUT2D eigenvalue weighted by atomic mass is 10.0. The molecule has 0 atom stereocenters. The molecule has 3 heteroatoms. The minimum absolute atomic E-state index is 0.121. The van der Waals surface area contributed by atoms with Gasteiger partial charge in [0, 0.05) is 0 Å². The van der Waals surface area contributed by atoms with E-state index in [4.69, 9.17) is 10.7 Å². The van der Waals surface area contributed by atoms with Crippen molar-refractivity contribution in [2.24, 2.45) is 10.7 Å². The lowest BCUT2D eigenvalue weighted by Gasteiger charge is -2.17. The first kappa shape index (κ1) is 17.3. The summed E-state index contributed by atoms with van der Waals surface area (Å²) in [5, 5.41) is 0.700. The molecule has 0 saturated heterocycles. The second kappa shape index (κ2) is 8.04. The Balaban J connectivity index is 1.94. The molecule has 0 amide bonds. The highest BCUT2D eigenvalue weighted by Gasteiger charge is 2.16. The number of aryl methyl sites for hydroxylation is 2. The average molecular weight is 346 g/mol. The van der Waals surface area contributed by atoms with Gasteiger partial charge in [-0.05, 0) is 36.1 Å². The van der Waals surface area contributed by atoms with Gasteiger partial charge in [0.2, 0.25) is 0 Å². The molecule has 0 fully saturated rings. The molecule has 3 aromatic carbocycles. The zero-order chi connectivity index (χ0) is 17.6. The molecule has 2 nitrogen and oxygen atoms in total. The van der Waals surface area contributed by atoms with Crippen molar-refractivity contribution < 1.29 is 0 Å². The third-order valence-electron chi connectivity index (χ3n) is 4.10. The molecule has 3 rings (SSSR count). The van der Waals surface area contributed by atoms with Crippen LogP contribution < -0.4 is 5.73 Å². The Labute approximate surface area is 153 Å². The highest BCUT2D eigenvalue weighted by Crippen LogP contribution is 2.36. The number of hydrogen-bond acceptors (Lipinski definition) is 2. The molecule has 25 heavy (non-hydrogen) atoms. The van der Waals surface area contributed by atoms with Crippen LogP contribution in [0.4, 0.5) is 5.69 Å². The Kier molecular flexibility index (Phi) is 5.56. The zero-order valence-corrected chi connectivity index (χ0v) is 15.3. The lowest BCUT2D eigenvalue weighted by Crippen LogP contribution is -2.10. The van der Waals surface area contributed by atoms with E-state index in [9.17, 15) is 0 Å². The minimum atomic E-state index is 0.121. The van der Waals surface area contributed by atoms with Crippen LogP contribution in [0.1, 0.15) is 27.5 Å². The quantitative estimate of drug-likeness (QED) is 0.481. The minimum Gasteiger partial charge on any atom is -0.378 e. The van der Waals surface area contributed by atoms with Crippen molar-refractivity contribution in [3.8, 4) is 0 Å². The van der Waals surface area contributed by atoms with Crippen molar-refractivity contribution >= 4 is 22.6 Å². The van der Waals surface area contributed by atoms with Gasteiger partial charge >= 0.3 is 0 Å². The molecule has 3 aromatic rings. The first-order valence-electron chi connectivity index (χ1n) is 8.32. The van der Waals surface area contributed by atoms with Gasteiger partial charge in [0.25, 0.3) is 0 Å². The van der Waals surface area contributed by atoms with E-state index >= 15 is 0 Å². The van der Waals surface area contributed by atoms with Crippen molar-refractivity contribution in [3.05, 3.63) is 101 Å². The number of aliphatic imine (C=N–C) groups is 1. The van der Waals surface area contributed by atoms with Gasteiger partial charge in [0.15, 0.2) is 5.17 Å². The van der Waals surface area contributed by atoms with E-state index in [-0.39, 0.29) is 5.25 Å². The fourth-order valence-corrected chi connectivity index (χ4v) is 3.80. The molecule has 0 heterocycles. The van der Waals surface area contributed by atoms with Gasteiger partial charge < -0.3 is 5.73 Å². The summed E-state index contributed by atoms with van der Waals surface area (Å²) >= 11 is 1.59. The van der Waals surface area contributed by atoms with Crippen LogP contribution in [-0.4, -0.2) is 5.17 Å². The fraction of sp³-hybridized carbons (Fsp3) is 0.136. The van der Waals surface area contributed by atoms with Gasteiger partial charge in [-0.3, -0.25) is 0 Å². The highest BCUT2D eigenvalue weighted by atomic mass is 32.2. The molecule has 126 valence electrons. The van der Waals surface area contributed by atoms with Crippen LogP contribution in [0.15, 0.2) is 83.9 Å². The molecular weight excluding hydrogens is 324 g/mol. The van der Waals surface area contributed by atoms with E-state index < -0.39 is 0 Å². The van der Waals surface area contributed by atoms with Crippen molar-refractivity contribution in [2.45, 2.75) is 19.1 Å². The predicted molar refractivity (Wildman–Crippen MR) is 110 cm³/mol. The summed E-state index contributed by atoms with van der Waals surface area (Å²) in [7, 11) is 0. The third kappa shape index (κ3) is 4.31. The maximum Gasteiger partial charge on any atom is 0.160 e. The Morgan fingerprint density at radius 2 is 1.24 bits per heavy atom. The summed E-state index contributed by atoms with van der Waals surface area (Å²) in [6, 6.07) is 27.0. The monoisotopic (exact) mass is 346 g/mol. The predicted octanol–water partition coefficient (Wildman–Crippen LogP) is 5.77. The Bertz CT molecular complexity index is 798. The van der Waals surface area contributed by atoms with Crippen molar-refractivity contribution in [1.29, 1.82) is 0 Å². The number of para-hydroxylation sites is 1. The molecule has 0 aliphatic heterocycles. The molecule has 0 aliphatic carbocycles. The summed E-state index contributed by atoms with van der Waals surface area (Å²) in [4.78, 5) is 4.71. The molecule has 0 unspecified atom stereocenters.